The van der Waals surface area contributed by atoms with Crippen molar-refractivity contribution in [3.8, 4) is 11.3 Å². The molecule has 0 saturated carbocycles. The zero-order valence-electron chi connectivity index (χ0n) is 14.4. The predicted molar refractivity (Wildman–Crippen MR) is 92.5 cm³/mol. The Morgan fingerprint density at radius 1 is 1.15 bits per heavy atom. The lowest BCUT2D eigenvalue weighted by Crippen LogP contribution is -2.44. The fourth-order valence-electron chi connectivity index (χ4n) is 3.21. The zero-order valence-corrected chi connectivity index (χ0v) is 14.4. The molecule has 2 aromatic rings. The van der Waals surface area contributed by atoms with Crippen LogP contribution in [0.25, 0.3) is 11.3 Å². The lowest BCUT2D eigenvalue weighted by Gasteiger charge is -2.31. The van der Waals surface area contributed by atoms with Crippen molar-refractivity contribution in [1.82, 2.24) is 9.88 Å². The molecule has 0 unspecified atom stereocenters. The fourth-order valence-corrected chi connectivity index (χ4v) is 3.21. The van der Waals surface area contributed by atoms with Crippen LogP contribution in [0, 0.1) is 5.92 Å². The number of nitrogens with zero attached hydrogens (tertiary/aromatic N) is 2. The molecule has 2 N–H and O–H groups in total. The number of likely N-dealkylation sites (tertiary alicyclic amines) is 1. The number of benzene rings is 1. The number of primary amides is 1. The van der Waals surface area contributed by atoms with Gasteiger partial charge in [0.05, 0.1) is 17.2 Å². The Hall–Kier alpha value is -2.90. The van der Waals surface area contributed by atoms with Crippen molar-refractivity contribution in [2.24, 2.45) is 11.7 Å². The molecule has 142 valence electrons. The Balaban J connectivity index is 1.82. The van der Waals surface area contributed by atoms with Gasteiger partial charge < -0.3 is 10.6 Å². The van der Waals surface area contributed by atoms with Gasteiger partial charge in [-0.05, 0) is 37.1 Å². The predicted octanol–water partition coefficient (Wildman–Crippen LogP) is 3.10. The molecule has 1 atom stereocenters. The highest BCUT2D eigenvalue weighted by atomic mass is 19.4. The van der Waals surface area contributed by atoms with E-state index in [1.807, 2.05) is 0 Å². The van der Waals surface area contributed by atoms with Crippen LogP contribution in [-0.4, -0.2) is 34.8 Å². The third-order valence-electron chi connectivity index (χ3n) is 4.63. The van der Waals surface area contributed by atoms with Gasteiger partial charge in [0, 0.05) is 30.4 Å². The number of rotatable bonds is 3. The van der Waals surface area contributed by atoms with Gasteiger partial charge in [0.25, 0.3) is 5.91 Å². The highest BCUT2D eigenvalue weighted by Crippen LogP contribution is 2.35. The van der Waals surface area contributed by atoms with Crippen molar-refractivity contribution in [2.75, 3.05) is 13.1 Å². The van der Waals surface area contributed by atoms with Crippen LogP contribution in [0.3, 0.4) is 0 Å². The topological polar surface area (TPSA) is 76.3 Å². The summed E-state index contributed by atoms with van der Waals surface area (Å²) in [6.07, 6.45) is -1.89. The van der Waals surface area contributed by atoms with E-state index in [4.69, 9.17) is 5.73 Å². The first-order valence-electron chi connectivity index (χ1n) is 8.48. The van der Waals surface area contributed by atoms with Crippen LogP contribution in [-0.2, 0) is 11.0 Å². The first-order valence-corrected chi connectivity index (χ1v) is 8.48. The number of amides is 2. The Kier molecular flexibility index (Phi) is 5.16. The van der Waals surface area contributed by atoms with Crippen LogP contribution >= 0.6 is 0 Å². The number of carbonyl (C=O) groups excluding carboxylic acids is 2. The monoisotopic (exact) mass is 377 g/mol. The molecule has 2 heterocycles. The van der Waals surface area contributed by atoms with E-state index >= 15 is 0 Å². The lowest BCUT2D eigenvalue weighted by atomic mass is 9.96. The van der Waals surface area contributed by atoms with Crippen LogP contribution in [0.5, 0.6) is 0 Å². The molecule has 5 nitrogen and oxygen atoms in total. The quantitative estimate of drug-likeness (QED) is 0.893. The van der Waals surface area contributed by atoms with Crippen molar-refractivity contribution in [3.63, 3.8) is 0 Å². The van der Waals surface area contributed by atoms with Gasteiger partial charge in [-0.25, -0.2) is 0 Å². The van der Waals surface area contributed by atoms with Crippen molar-refractivity contribution in [1.29, 1.82) is 0 Å². The van der Waals surface area contributed by atoms with Gasteiger partial charge >= 0.3 is 6.18 Å². The minimum atomic E-state index is -4.52. The summed E-state index contributed by atoms with van der Waals surface area (Å²) in [5, 5.41) is 0. The van der Waals surface area contributed by atoms with Crippen LogP contribution in [0.2, 0.25) is 0 Å². The van der Waals surface area contributed by atoms with Gasteiger partial charge in [-0.2, -0.15) is 13.2 Å². The Labute approximate surface area is 154 Å². The molecule has 1 aliphatic rings. The summed E-state index contributed by atoms with van der Waals surface area (Å²) < 4.78 is 39.4. The lowest BCUT2D eigenvalue weighted by molar-refractivity contribution is -0.137. The van der Waals surface area contributed by atoms with E-state index in [1.54, 1.807) is 4.90 Å². The van der Waals surface area contributed by atoms with Crippen molar-refractivity contribution < 1.29 is 22.8 Å². The number of halogens is 3. The van der Waals surface area contributed by atoms with Gasteiger partial charge in [0.15, 0.2) is 0 Å². The summed E-state index contributed by atoms with van der Waals surface area (Å²) in [4.78, 5) is 29.4. The van der Waals surface area contributed by atoms with Crippen LogP contribution in [0.4, 0.5) is 13.2 Å². The SMILES string of the molecule is NC(=O)[C@H]1CCCN(C(=O)c2ccc(-c3ncccc3C(F)(F)F)cc2)C1. The van der Waals surface area contributed by atoms with Crippen LogP contribution in [0.15, 0.2) is 42.6 Å². The van der Waals surface area contributed by atoms with E-state index < -0.39 is 17.6 Å². The van der Waals surface area contributed by atoms with Gasteiger partial charge in [-0.15, -0.1) is 0 Å². The second kappa shape index (κ2) is 7.38. The number of hydrogen-bond acceptors (Lipinski definition) is 3. The minimum Gasteiger partial charge on any atom is -0.369 e. The Bertz CT molecular complexity index is 850. The average Bonchev–Trinajstić information content (AvgIpc) is 2.67. The summed E-state index contributed by atoms with van der Waals surface area (Å²) in [5.41, 5.74) is 4.92. The molecule has 1 aromatic heterocycles. The normalized spacial score (nSPS) is 17.6. The molecule has 1 aromatic carbocycles. The number of piperidine rings is 1. The van der Waals surface area contributed by atoms with Gasteiger partial charge in [0.2, 0.25) is 5.91 Å². The van der Waals surface area contributed by atoms with Crippen LogP contribution in [0.1, 0.15) is 28.8 Å². The molecule has 1 fully saturated rings. The van der Waals surface area contributed by atoms with E-state index in [-0.39, 0.29) is 29.6 Å². The molecule has 0 radical (unpaired) electrons. The second-order valence-corrected chi connectivity index (χ2v) is 6.47. The fraction of sp³-hybridized carbons (Fsp3) is 0.316. The molecular weight excluding hydrogens is 359 g/mol. The van der Waals surface area contributed by atoms with Crippen molar-refractivity contribution in [2.45, 2.75) is 19.0 Å². The Morgan fingerprint density at radius 2 is 1.85 bits per heavy atom. The third-order valence-corrected chi connectivity index (χ3v) is 4.63. The summed E-state index contributed by atoms with van der Waals surface area (Å²) in [6.45, 7) is 0.775. The first kappa shape index (κ1) is 18.9. The number of pyridine rings is 1. The molecule has 8 heteroatoms. The standard InChI is InChI=1S/C19H18F3N3O2/c20-19(21,22)15-4-1-9-24-16(15)12-5-7-13(8-6-12)18(27)25-10-2-3-14(11-25)17(23)26/h1,4-9,14H,2-3,10-11H2,(H2,23,26)/t14-/m0/s1. The Morgan fingerprint density at radius 3 is 2.48 bits per heavy atom. The molecule has 0 spiro atoms. The number of nitrogens with two attached hydrogens (primary N) is 1. The van der Waals surface area contributed by atoms with E-state index in [2.05, 4.69) is 4.98 Å². The molecule has 1 aliphatic heterocycles. The second-order valence-electron chi connectivity index (χ2n) is 6.47. The van der Waals surface area contributed by atoms with Gasteiger partial charge in [-0.1, -0.05) is 12.1 Å². The molecule has 27 heavy (non-hydrogen) atoms. The molecule has 0 bridgehead atoms. The van der Waals surface area contributed by atoms with Crippen molar-refractivity contribution >= 4 is 11.8 Å². The maximum atomic E-state index is 13.1. The average molecular weight is 377 g/mol. The number of alkyl halides is 3. The maximum Gasteiger partial charge on any atom is 0.418 e. The molecule has 3 rings (SSSR count). The number of aromatic nitrogens is 1. The molecule has 2 amide bonds. The van der Waals surface area contributed by atoms with Gasteiger partial charge in [-0.3, -0.25) is 14.6 Å². The van der Waals surface area contributed by atoms with E-state index in [0.717, 1.165) is 6.07 Å². The first-order chi connectivity index (χ1) is 12.8. The summed E-state index contributed by atoms with van der Waals surface area (Å²) in [6, 6.07) is 8.04. The van der Waals surface area contributed by atoms with Crippen LogP contribution < -0.4 is 5.73 Å². The van der Waals surface area contributed by atoms with E-state index in [9.17, 15) is 22.8 Å². The largest absolute Gasteiger partial charge is 0.418 e. The van der Waals surface area contributed by atoms with E-state index in [0.29, 0.717) is 24.9 Å². The van der Waals surface area contributed by atoms with Gasteiger partial charge in [0.1, 0.15) is 0 Å². The highest BCUT2D eigenvalue weighted by Gasteiger charge is 2.34. The summed E-state index contributed by atoms with van der Waals surface area (Å²) in [7, 11) is 0. The smallest absolute Gasteiger partial charge is 0.369 e. The highest BCUT2D eigenvalue weighted by molar-refractivity contribution is 5.95. The zero-order chi connectivity index (χ0) is 19.6. The van der Waals surface area contributed by atoms with E-state index in [1.165, 1.54) is 36.5 Å². The summed E-state index contributed by atoms with van der Waals surface area (Å²) >= 11 is 0. The third kappa shape index (κ3) is 4.10. The molecule has 0 aliphatic carbocycles. The molecular formula is C19H18F3N3O2. The molecule has 1 saturated heterocycles. The number of hydrogen-bond donors (Lipinski definition) is 1. The number of carbonyl (C=O) groups is 2. The summed E-state index contributed by atoms with van der Waals surface area (Å²) in [5.74, 6) is -1.08. The minimum absolute atomic E-state index is 0.184. The maximum absolute atomic E-state index is 13.1. The van der Waals surface area contributed by atoms with Crippen molar-refractivity contribution in [3.05, 3.63) is 53.7 Å².